The lowest BCUT2D eigenvalue weighted by molar-refractivity contribution is 0.507. The lowest BCUT2D eigenvalue weighted by atomic mass is 9.73. The van der Waals surface area contributed by atoms with Crippen molar-refractivity contribution in [3.8, 4) is 44.5 Å². The van der Waals surface area contributed by atoms with Crippen LogP contribution in [0, 0.1) is 0 Å². The van der Waals surface area contributed by atoms with E-state index in [1.165, 1.54) is 82.7 Å². The van der Waals surface area contributed by atoms with Gasteiger partial charge in [-0.1, -0.05) is 176 Å². The summed E-state index contributed by atoms with van der Waals surface area (Å²) in [4.78, 5) is 2.40. The number of para-hydroxylation sites is 1. The maximum absolute atomic E-state index is 6.99. The van der Waals surface area contributed by atoms with Crippen LogP contribution in [0.2, 0.25) is 0 Å². The molecule has 1 spiro atoms. The Morgan fingerprint density at radius 2 is 0.918 bits per heavy atom. The quantitative estimate of drug-likeness (QED) is 0.173. The fraction of sp³-hybridized carbons (Fsp3) is 0.0169. The number of nitrogens with zero attached hydrogens (tertiary/aromatic N) is 1. The highest BCUT2D eigenvalue weighted by Gasteiger charge is 2.55. The number of benzene rings is 10. The van der Waals surface area contributed by atoms with Gasteiger partial charge in [-0.3, -0.25) is 0 Å². The Morgan fingerprint density at radius 3 is 1.74 bits per heavy atom. The number of fused-ring (bicyclic) bond motifs is 14. The van der Waals surface area contributed by atoms with Crippen molar-refractivity contribution in [2.75, 3.05) is 4.90 Å². The van der Waals surface area contributed by atoms with Gasteiger partial charge in [0.15, 0.2) is 0 Å². The molecule has 0 atom stereocenters. The average molecular weight is 776 g/mol. The predicted molar refractivity (Wildman–Crippen MR) is 253 cm³/mol. The van der Waals surface area contributed by atoms with E-state index in [0.29, 0.717) is 0 Å². The molecule has 0 amide bonds. The molecule has 0 saturated carbocycles. The van der Waals surface area contributed by atoms with Gasteiger partial charge in [-0.05, 0) is 120 Å². The summed E-state index contributed by atoms with van der Waals surface area (Å²) in [5.74, 6) is 1.02. The van der Waals surface area contributed by atoms with Crippen molar-refractivity contribution in [1.29, 1.82) is 0 Å². The first-order valence-electron chi connectivity index (χ1n) is 21.1. The molecule has 0 bridgehead atoms. The summed E-state index contributed by atoms with van der Waals surface area (Å²) in [5.41, 5.74) is 17.4. The summed E-state index contributed by atoms with van der Waals surface area (Å²) in [6.07, 6.45) is 0. The summed E-state index contributed by atoms with van der Waals surface area (Å²) < 4.78 is 6.99. The third-order valence-electron chi connectivity index (χ3n) is 13.2. The monoisotopic (exact) mass is 775 g/mol. The van der Waals surface area contributed by atoms with Crippen molar-refractivity contribution < 1.29 is 4.42 Å². The Balaban J connectivity index is 0.941. The first-order chi connectivity index (χ1) is 30.2. The number of hydrogen-bond acceptors (Lipinski definition) is 2. The van der Waals surface area contributed by atoms with Crippen LogP contribution in [0.3, 0.4) is 0 Å². The van der Waals surface area contributed by atoms with E-state index in [2.05, 4.69) is 229 Å². The third kappa shape index (κ3) is 4.91. The van der Waals surface area contributed by atoms with Crippen LogP contribution in [0.5, 0.6) is 0 Å². The first-order valence-corrected chi connectivity index (χ1v) is 21.1. The smallest absolute Gasteiger partial charge is 0.135 e. The van der Waals surface area contributed by atoms with Gasteiger partial charge >= 0.3 is 0 Å². The van der Waals surface area contributed by atoms with Crippen LogP contribution in [0.15, 0.2) is 229 Å². The molecule has 2 nitrogen and oxygen atoms in total. The second-order valence-corrected chi connectivity index (χ2v) is 16.4. The van der Waals surface area contributed by atoms with Gasteiger partial charge in [-0.2, -0.15) is 0 Å². The molecule has 11 aromatic rings. The van der Waals surface area contributed by atoms with Crippen molar-refractivity contribution in [3.05, 3.63) is 247 Å². The molecule has 1 heterocycles. The number of rotatable bonds is 5. The molecule has 2 heteroatoms. The zero-order valence-corrected chi connectivity index (χ0v) is 33.2. The van der Waals surface area contributed by atoms with E-state index in [1.807, 2.05) is 0 Å². The average Bonchev–Trinajstić information content (AvgIpc) is 3.96. The van der Waals surface area contributed by atoms with Gasteiger partial charge in [0.05, 0.1) is 5.69 Å². The highest BCUT2D eigenvalue weighted by molar-refractivity contribution is 6.06. The zero-order chi connectivity index (χ0) is 40.1. The van der Waals surface area contributed by atoms with Crippen LogP contribution in [0.25, 0.3) is 77.0 Å². The maximum Gasteiger partial charge on any atom is 0.135 e. The Kier molecular flexibility index (Phi) is 7.26. The molecule has 10 aromatic carbocycles. The summed E-state index contributed by atoms with van der Waals surface area (Å²) in [7, 11) is 0. The topological polar surface area (TPSA) is 16.4 Å². The number of hydrogen-bond donors (Lipinski definition) is 0. The van der Waals surface area contributed by atoms with Gasteiger partial charge in [-0.25, -0.2) is 0 Å². The molecule has 0 fully saturated rings. The maximum atomic E-state index is 6.99. The Labute approximate surface area is 354 Å². The second kappa shape index (κ2) is 13.0. The van der Waals surface area contributed by atoms with Crippen LogP contribution in [-0.2, 0) is 5.41 Å². The standard InChI is InChI=1S/C59H37NO/c1-2-13-38(14-3-1)39-27-31-45(32-28-39)60(55-23-12-16-40-15-4-5-17-47(40)55)46-33-29-42-35-41(25-26-43(42)36-46)44-30-34-54-51(37-44)57-50-20-8-11-24-56(50)61-58(57)59(54)52-21-9-6-18-48(52)49-19-7-10-22-53(49)59/h1-37H. The normalized spacial score (nSPS) is 13.0. The van der Waals surface area contributed by atoms with Crippen LogP contribution in [-0.4, -0.2) is 0 Å². The van der Waals surface area contributed by atoms with Gasteiger partial charge in [0, 0.05) is 27.7 Å². The summed E-state index contributed by atoms with van der Waals surface area (Å²) in [6.45, 7) is 0. The summed E-state index contributed by atoms with van der Waals surface area (Å²) >= 11 is 0. The van der Waals surface area contributed by atoms with Gasteiger partial charge in [-0.15, -0.1) is 0 Å². The molecule has 0 unspecified atom stereocenters. The van der Waals surface area contributed by atoms with Crippen molar-refractivity contribution in [2.24, 2.45) is 0 Å². The Morgan fingerprint density at radius 1 is 0.344 bits per heavy atom. The predicted octanol–water partition coefficient (Wildman–Crippen LogP) is 15.9. The minimum Gasteiger partial charge on any atom is -0.459 e. The molecular formula is C59H37NO. The lowest BCUT2D eigenvalue weighted by Gasteiger charge is -2.28. The number of furan rings is 1. The van der Waals surface area contributed by atoms with Crippen molar-refractivity contribution >= 4 is 49.6 Å². The molecule has 1 aromatic heterocycles. The van der Waals surface area contributed by atoms with Crippen LogP contribution < -0.4 is 4.90 Å². The molecule has 284 valence electrons. The van der Waals surface area contributed by atoms with Crippen molar-refractivity contribution in [3.63, 3.8) is 0 Å². The highest BCUT2D eigenvalue weighted by Crippen LogP contribution is 2.64. The third-order valence-corrected chi connectivity index (χ3v) is 13.2. The van der Waals surface area contributed by atoms with E-state index in [1.54, 1.807) is 0 Å². The van der Waals surface area contributed by atoms with Crippen LogP contribution in [0.4, 0.5) is 17.1 Å². The molecule has 0 aliphatic heterocycles. The van der Waals surface area contributed by atoms with Crippen molar-refractivity contribution in [2.45, 2.75) is 5.41 Å². The van der Waals surface area contributed by atoms with E-state index in [9.17, 15) is 0 Å². The lowest BCUT2D eigenvalue weighted by Crippen LogP contribution is -2.25. The summed E-state index contributed by atoms with van der Waals surface area (Å²) in [5, 5.41) is 5.97. The zero-order valence-electron chi connectivity index (χ0n) is 33.2. The molecule has 0 saturated heterocycles. The second-order valence-electron chi connectivity index (χ2n) is 16.4. The molecular weight excluding hydrogens is 739 g/mol. The molecule has 13 rings (SSSR count). The minimum atomic E-state index is -0.521. The Bertz CT molecular complexity index is 3490. The van der Waals surface area contributed by atoms with E-state index in [0.717, 1.165) is 33.8 Å². The number of anilines is 3. The van der Waals surface area contributed by atoms with Gasteiger partial charge in [0.25, 0.3) is 0 Å². The molecule has 0 radical (unpaired) electrons. The van der Waals surface area contributed by atoms with Crippen LogP contribution >= 0.6 is 0 Å². The fourth-order valence-corrected chi connectivity index (χ4v) is 10.5. The van der Waals surface area contributed by atoms with Gasteiger partial charge < -0.3 is 9.32 Å². The van der Waals surface area contributed by atoms with Gasteiger partial charge in [0.1, 0.15) is 16.8 Å². The molecule has 61 heavy (non-hydrogen) atoms. The first kappa shape index (κ1) is 34.0. The highest BCUT2D eigenvalue weighted by atomic mass is 16.3. The molecule has 0 N–H and O–H groups in total. The Hall–Kier alpha value is -7.94. The fourth-order valence-electron chi connectivity index (χ4n) is 10.5. The van der Waals surface area contributed by atoms with E-state index in [4.69, 9.17) is 4.42 Å². The van der Waals surface area contributed by atoms with Crippen LogP contribution in [0.1, 0.15) is 22.5 Å². The SMILES string of the molecule is c1ccc(-c2ccc(N(c3ccc4cc(-c5ccc6c(c5)-c5c(oc7ccccc57)C65c6ccccc6-c6ccccc65)ccc4c3)c3cccc4ccccc34)cc2)cc1. The molecule has 2 aliphatic rings. The van der Waals surface area contributed by atoms with E-state index < -0.39 is 5.41 Å². The van der Waals surface area contributed by atoms with E-state index >= 15 is 0 Å². The molecule has 2 aliphatic carbocycles. The minimum absolute atomic E-state index is 0.521. The van der Waals surface area contributed by atoms with E-state index in [-0.39, 0.29) is 0 Å². The van der Waals surface area contributed by atoms with Crippen molar-refractivity contribution in [1.82, 2.24) is 0 Å². The summed E-state index contributed by atoms with van der Waals surface area (Å²) in [6, 6.07) is 82.0. The largest absolute Gasteiger partial charge is 0.459 e. The van der Waals surface area contributed by atoms with Gasteiger partial charge in [0.2, 0.25) is 0 Å².